The number of anilines is 1. The van der Waals surface area contributed by atoms with Crippen LogP contribution in [0.25, 0.3) is 10.9 Å². The van der Waals surface area contributed by atoms with E-state index in [-0.39, 0.29) is 6.04 Å². The van der Waals surface area contributed by atoms with Gasteiger partial charge in [0.2, 0.25) is 0 Å². The normalized spacial score (nSPS) is 16.1. The summed E-state index contributed by atoms with van der Waals surface area (Å²) in [6.07, 6.45) is 0.359. The number of ether oxygens (including phenoxy) is 2. The summed E-state index contributed by atoms with van der Waals surface area (Å²) in [4.78, 5) is 14.4. The van der Waals surface area contributed by atoms with Gasteiger partial charge in [-0.05, 0) is 38.8 Å². The highest BCUT2D eigenvalue weighted by molar-refractivity contribution is 5.93. The molecule has 1 aliphatic rings. The lowest BCUT2D eigenvalue weighted by molar-refractivity contribution is 0.0508. The summed E-state index contributed by atoms with van der Waals surface area (Å²) in [6, 6.07) is 20.3. The average Bonchev–Trinajstić information content (AvgIpc) is 3.35. The van der Waals surface area contributed by atoms with Crippen LogP contribution in [-0.4, -0.2) is 35.4 Å². The first-order chi connectivity index (χ1) is 15.9. The van der Waals surface area contributed by atoms with Crippen molar-refractivity contribution in [1.82, 2.24) is 9.88 Å². The average molecular weight is 447 g/mol. The van der Waals surface area contributed by atoms with Crippen molar-refractivity contribution in [2.75, 3.05) is 18.0 Å². The molecule has 0 aliphatic carbocycles. The van der Waals surface area contributed by atoms with Crippen LogP contribution in [0.15, 0.2) is 54.6 Å². The molecule has 1 fully saturated rings. The molecule has 172 valence electrons. The van der Waals surface area contributed by atoms with Gasteiger partial charge in [0.1, 0.15) is 29.8 Å². The van der Waals surface area contributed by atoms with Crippen LogP contribution in [0.2, 0.25) is 0 Å². The van der Waals surface area contributed by atoms with Gasteiger partial charge in [0, 0.05) is 18.5 Å². The molecular formula is C26H30N4O3. The van der Waals surface area contributed by atoms with Crippen LogP contribution in [0.3, 0.4) is 0 Å². The fourth-order valence-electron chi connectivity index (χ4n) is 4.23. The summed E-state index contributed by atoms with van der Waals surface area (Å²) in [6.45, 7) is 7.68. The number of carbonyl (C=O) groups excluding carboxylic acids is 1. The van der Waals surface area contributed by atoms with Gasteiger partial charge in [-0.3, -0.25) is 0 Å². The summed E-state index contributed by atoms with van der Waals surface area (Å²) in [7, 11) is 0. The van der Waals surface area contributed by atoms with Crippen LogP contribution in [0, 0.1) is 11.3 Å². The molecule has 2 heterocycles. The van der Waals surface area contributed by atoms with E-state index in [1.165, 1.54) is 0 Å². The van der Waals surface area contributed by atoms with Crippen LogP contribution < -0.4 is 10.2 Å². The molecule has 0 radical (unpaired) electrons. The van der Waals surface area contributed by atoms with Gasteiger partial charge in [0.25, 0.3) is 0 Å². The SMILES string of the molecule is CC(C)(C)OC(=O)N[C@H]1CCN(c2c(C#N)c3ccccc3n2COCc2ccccc2)C1. The first-order valence-corrected chi connectivity index (χ1v) is 11.2. The second-order valence-electron chi connectivity index (χ2n) is 9.30. The van der Waals surface area contributed by atoms with E-state index in [0.717, 1.165) is 35.2 Å². The number of benzene rings is 2. The van der Waals surface area contributed by atoms with Gasteiger partial charge in [0.05, 0.1) is 18.2 Å². The van der Waals surface area contributed by atoms with Crippen LogP contribution >= 0.6 is 0 Å². The Bertz CT molecular complexity index is 1160. The molecule has 4 rings (SSSR count). The lowest BCUT2D eigenvalue weighted by Crippen LogP contribution is -2.40. The molecular weight excluding hydrogens is 416 g/mol. The zero-order chi connectivity index (χ0) is 23.4. The topological polar surface area (TPSA) is 79.5 Å². The molecule has 33 heavy (non-hydrogen) atoms. The molecule has 1 amide bonds. The number of nitriles is 1. The van der Waals surface area contributed by atoms with E-state index in [0.29, 0.717) is 25.4 Å². The van der Waals surface area contributed by atoms with Gasteiger partial charge in [-0.15, -0.1) is 0 Å². The van der Waals surface area contributed by atoms with Crippen molar-refractivity contribution in [3.63, 3.8) is 0 Å². The molecule has 3 aromatic rings. The third kappa shape index (κ3) is 5.29. The standard InChI is InChI=1S/C26H30N4O3/c1-26(2,3)33-25(31)28-20-13-14-29(16-20)24-22(15-27)21-11-7-8-12-23(21)30(24)18-32-17-19-9-5-4-6-10-19/h4-12,20H,13-14,16-18H2,1-3H3,(H,28,31)/t20-/m0/s1. The molecule has 1 aliphatic heterocycles. The molecule has 1 saturated heterocycles. The van der Waals surface area contributed by atoms with E-state index in [2.05, 4.69) is 20.9 Å². The number of nitrogens with one attached hydrogen (secondary N) is 1. The van der Waals surface area contributed by atoms with E-state index in [1.54, 1.807) is 0 Å². The molecule has 7 heteroatoms. The van der Waals surface area contributed by atoms with Crippen molar-refractivity contribution in [1.29, 1.82) is 5.26 Å². The number of hydrogen-bond donors (Lipinski definition) is 1. The number of nitrogens with zero attached hydrogens (tertiary/aromatic N) is 3. The summed E-state index contributed by atoms with van der Waals surface area (Å²) >= 11 is 0. The van der Waals surface area contributed by atoms with Gasteiger partial charge >= 0.3 is 6.09 Å². The molecule has 0 unspecified atom stereocenters. The third-order valence-electron chi connectivity index (χ3n) is 5.60. The maximum Gasteiger partial charge on any atom is 0.407 e. The first-order valence-electron chi connectivity index (χ1n) is 11.2. The molecule has 0 saturated carbocycles. The molecule has 7 nitrogen and oxygen atoms in total. The van der Waals surface area contributed by atoms with Crippen LogP contribution in [0.4, 0.5) is 10.6 Å². The van der Waals surface area contributed by atoms with Crippen LogP contribution in [-0.2, 0) is 22.8 Å². The Morgan fingerprint density at radius 3 is 2.61 bits per heavy atom. The minimum Gasteiger partial charge on any atom is -0.444 e. The first kappa shape index (κ1) is 22.7. The molecule has 1 atom stereocenters. The smallest absolute Gasteiger partial charge is 0.407 e. The Balaban J connectivity index is 1.55. The van der Waals surface area contributed by atoms with Crippen LogP contribution in [0.5, 0.6) is 0 Å². The van der Waals surface area contributed by atoms with Gasteiger partial charge in [-0.1, -0.05) is 48.5 Å². The molecule has 0 spiro atoms. The van der Waals surface area contributed by atoms with E-state index in [9.17, 15) is 10.1 Å². The minimum absolute atomic E-state index is 0.0527. The fraction of sp³-hybridized carbons (Fsp3) is 0.385. The van der Waals surface area contributed by atoms with Crippen molar-refractivity contribution in [3.8, 4) is 6.07 Å². The predicted octanol–water partition coefficient (Wildman–Crippen LogP) is 4.79. The van der Waals surface area contributed by atoms with Crippen LogP contribution in [0.1, 0.15) is 38.3 Å². The number of fused-ring (bicyclic) bond motifs is 1. The number of amides is 1. The van der Waals surface area contributed by atoms with Gasteiger partial charge in [-0.25, -0.2) is 4.79 Å². The number of para-hydroxylation sites is 1. The second kappa shape index (κ2) is 9.55. The molecule has 1 N–H and O–H groups in total. The van der Waals surface area contributed by atoms with Crippen molar-refractivity contribution in [2.24, 2.45) is 0 Å². The number of alkyl carbamates (subject to hydrolysis) is 1. The monoisotopic (exact) mass is 446 g/mol. The van der Waals surface area contributed by atoms with Crippen molar-refractivity contribution < 1.29 is 14.3 Å². The fourth-order valence-corrected chi connectivity index (χ4v) is 4.23. The molecule has 2 aromatic carbocycles. The summed E-state index contributed by atoms with van der Waals surface area (Å²) in [5.74, 6) is 0.834. The van der Waals surface area contributed by atoms with Gasteiger partial charge in [0.15, 0.2) is 0 Å². The van der Waals surface area contributed by atoms with Gasteiger partial charge < -0.3 is 24.3 Å². The lowest BCUT2D eigenvalue weighted by Gasteiger charge is -2.23. The summed E-state index contributed by atoms with van der Waals surface area (Å²) in [5, 5.41) is 13.9. The highest BCUT2D eigenvalue weighted by Crippen LogP contribution is 2.34. The van der Waals surface area contributed by atoms with E-state index < -0.39 is 11.7 Å². The Morgan fingerprint density at radius 1 is 1.15 bits per heavy atom. The number of aromatic nitrogens is 1. The van der Waals surface area contributed by atoms with E-state index in [4.69, 9.17) is 9.47 Å². The Labute approximate surface area is 194 Å². The van der Waals surface area contributed by atoms with Crippen molar-refractivity contribution in [3.05, 3.63) is 65.7 Å². The van der Waals surface area contributed by atoms with Crippen molar-refractivity contribution in [2.45, 2.75) is 52.2 Å². The summed E-state index contributed by atoms with van der Waals surface area (Å²) < 4.78 is 13.5. The number of rotatable bonds is 6. The minimum atomic E-state index is -0.543. The Morgan fingerprint density at radius 2 is 1.88 bits per heavy atom. The lowest BCUT2D eigenvalue weighted by atomic mass is 10.2. The van der Waals surface area contributed by atoms with Gasteiger partial charge in [-0.2, -0.15) is 5.26 Å². The zero-order valence-electron chi connectivity index (χ0n) is 19.4. The maximum absolute atomic E-state index is 12.2. The van der Waals surface area contributed by atoms with Crippen molar-refractivity contribution >= 4 is 22.8 Å². The molecule has 1 aromatic heterocycles. The third-order valence-corrected chi connectivity index (χ3v) is 5.60. The predicted molar refractivity (Wildman–Crippen MR) is 128 cm³/mol. The van der Waals surface area contributed by atoms with E-state index in [1.807, 2.05) is 75.4 Å². The number of carbonyl (C=O) groups is 1. The largest absolute Gasteiger partial charge is 0.444 e. The summed E-state index contributed by atoms with van der Waals surface area (Å²) in [5.41, 5.74) is 2.14. The quantitative estimate of drug-likeness (QED) is 0.589. The second-order valence-corrected chi connectivity index (χ2v) is 9.30. The number of hydrogen-bond acceptors (Lipinski definition) is 5. The Hall–Kier alpha value is -3.50. The molecule has 0 bridgehead atoms. The zero-order valence-corrected chi connectivity index (χ0v) is 19.4. The highest BCUT2D eigenvalue weighted by atomic mass is 16.6. The van der Waals surface area contributed by atoms with E-state index >= 15 is 0 Å². The maximum atomic E-state index is 12.2. The Kier molecular flexibility index (Phi) is 6.57. The highest BCUT2D eigenvalue weighted by Gasteiger charge is 2.30.